The number of rotatable bonds is 7. The van der Waals surface area contributed by atoms with Crippen LogP contribution in [-0.4, -0.2) is 0 Å². The molecule has 0 amide bonds. The molecule has 0 fully saturated rings. The van der Waals surface area contributed by atoms with Gasteiger partial charge in [-0.05, 0) is 13.8 Å². The van der Waals surface area contributed by atoms with E-state index in [-0.39, 0.29) is 0 Å². The third kappa shape index (κ3) is 6.22. The minimum atomic E-state index is -2.01. The van der Waals surface area contributed by atoms with Gasteiger partial charge in [0.15, 0.2) is 0 Å². The van der Waals surface area contributed by atoms with Crippen LogP contribution in [0.15, 0.2) is 84.5 Å². The normalized spacial score (nSPS) is 15.7. The van der Waals surface area contributed by atoms with E-state index < -0.39 is 7.80 Å². The molecule has 1 unspecified atom stereocenters. The predicted octanol–water partition coefficient (Wildman–Crippen LogP) is 5.39. The maximum absolute atomic E-state index is 12.5. The lowest BCUT2D eigenvalue weighted by Crippen LogP contribution is -1.75. The first kappa shape index (κ1) is 16.4. The maximum Gasteiger partial charge on any atom is 0.131 e. The van der Waals surface area contributed by atoms with Crippen LogP contribution in [0.25, 0.3) is 0 Å². The van der Waals surface area contributed by atoms with Crippen molar-refractivity contribution in [2.24, 2.45) is 0 Å². The zero-order valence-electron chi connectivity index (χ0n) is 11.1. The fourth-order valence-corrected chi connectivity index (χ4v) is 2.67. The highest BCUT2D eigenvalue weighted by molar-refractivity contribution is 7.54. The van der Waals surface area contributed by atoms with Gasteiger partial charge in [-0.3, -0.25) is 0 Å². The third-order valence-electron chi connectivity index (χ3n) is 2.05. The number of hydrogen-bond donors (Lipinski definition) is 0. The minimum absolute atomic E-state index is 0.767. The van der Waals surface area contributed by atoms with Gasteiger partial charge in [-0.15, -0.1) is 0 Å². The van der Waals surface area contributed by atoms with E-state index in [1.165, 1.54) is 0 Å². The van der Waals surface area contributed by atoms with E-state index in [9.17, 15) is 4.57 Å². The summed E-state index contributed by atoms with van der Waals surface area (Å²) in [6, 6.07) is 0. The SMILES string of the molecule is C=C/C=C\C(=C/C=C)[PH](=O)C(/C=C\C)=C/C=C\C. The Morgan fingerprint density at radius 3 is 2.06 bits per heavy atom. The zero-order chi connectivity index (χ0) is 13.8. The molecule has 2 heteroatoms. The molecule has 0 N–H and O–H groups in total. The first-order valence-electron chi connectivity index (χ1n) is 5.83. The second-order valence-corrected chi connectivity index (χ2v) is 5.24. The molecule has 0 heterocycles. The van der Waals surface area contributed by atoms with Gasteiger partial charge < -0.3 is 4.57 Å². The molecule has 0 saturated heterocycles. The number of allylic oxidation sites excluding steroid dienone is 12. The maximum atomic E-state index is 12.5. The molecule has 0 aromatic heterocycles. The molecule has 18 heavy (non-hydrogen) atoms. The highest BCUT2D eigenvalue weighted by atomic mass is 31.1. The Balaban J connectivity index is 5.38. The monoisotopic (exact) mass is 260 g/mol. The van der Waals surface area contributed by atoms with E-state index in [0.29, 0.717) is 0 Å². The average Bonchev–Trinajstić information content (AvgIpc) is 2.38. The van der Waals surface area contributed by atoms with E-state index >= 15 is 0 Å². The van der Waals surface area contributed by atoms with Crippen molar-refractivity contribution in [1.82, 2.24) is 0 Å². The van der Waals surface area contributed by atoms with E-state index in [0.717, 1.165) is 10.6 Å². The van der Waals surface area contributed by atoms with Crippen molar-refractivity contribution in [3.05, 3.63) is 84.5 Å². The van der Waals surface area contributed by atoms with E-state index in [1.54, 1.807) is 24.3 Å². The van der Waals surface area contributed by atoms with Gasteiger partial charge in [0.1, 0.15) is 7.80 Å². The molecule has 1 nitrogen and oxygen atoms in total. The van der Waals surface area contributed by atoms with Gasteiger partial charge in [-0.2, -0.15) is 0 Å². The van der Waals surface area contributed by atoms with Gasteiger partial charge in [0.25, 0.3) is 0 Å². The van der Waals surface area contributed by atoms with Crippen molar-refractivity contribution in [1.29, 1.82) is 0 Å². The molecule has 0 aliphatic rings. The highest BCUT2D eigenvalue weighted by Gasteiger charge is 2.06. The molecular weight excluding hydrogens is 239 g/mol. The summed E-state index contributed by atoms with van der Waals surface area (Å²) in [6.45, 7) is 11.1. The molecule has 0 aromatic rings. The fourth-order valence-electron chi connectivity index (χ4n) is 1.26. The van der Waals surface area contributed by atoms with Crippen LogP contribution < -0.4 is 0 Å². The lowest BCUT2D eigenvalue weighted by Gasteiger charge is -2.03. The Hall–Kier alpha value is -1.59. The second-order valence-electron chi connectivity index (χ2n) is 3.43. The fraction of sp³-hybridized carbons (Fsp3) is 0.125. The Labute approximate surface area is 111 Å². The van der Waals surface area contributed by atoms with Gasteiger partial charge in [-0.25, -0.2) is 0 Å². The molecule has 0 aromatic carbocycles. The van der Waals surface area contributed by atoms with Crippen molar-refractivity contribution in [2.45, 2.75) is 13.8 Å². The smallest absolute Gasteiger partial charge is 0.131 e. The van der Waals surface area contributed by atoms with Crippen molar-refractivity contribution >= 4 is 7.80 Å². The van der Waals surface area contributed by atoms with E-state index in [1.807, 2.05) is 50.3 Å². The topological polar surface area (TPSA) is 17.1 Å². The van der Waals surface area contributed by atoms with Crippen LogP contribution in [0.2, 0.25) is 0 Å². The van der Waals surface area contributed by atoms with Crippen LogP contribution in [0, 0.1) is 0 Å². The molecule has 1 atom stereocenters. The summed E-state index contributed by atoms with van der Waals surface area (Å²) in [6.07, 6.45) is 18.1. The van der Waals surface area contributed by atoms with Gasteiger partial charge >= 0.3 is 0 Å². The van der Waals surface area contributed by atoms with Gasteiger partial charge in [-0.1, -0.05) is 73.9 Å². The van der Waals surface area contributed by atoms with E-state index in [4.69, 9.17) is 0 Å². The minimum Gasteiger partial charge on any atom is -0.317 e. The first-order chi connectivity index (χ1) is 8.71. The summed E-state index contributed by atoms with van der Waals surface area (Å²) >= 11 is 0. The number of hydrogen-bond acceptors (Lipinski definition) is 1. The van der Waals surface area contributed by atoms with Gasteiger partial charge in [0.2, 0.25) is 0 Å². The predicted molar refractivity (Wildman–Crippen MR) is 84.3 cm³/mol. The summed E-state index contributed by atoms with van der Waals surface area (Å²) in [5.74, 6) is 0. The largest absolute Gasteiger partial charge is 0.317 e. The van der Waals surface area contributed by atoms with Crippen LogP contribution in [0.3, 0.4) is 0 Å². The summed E-state index contributed by atoms with van der Waals surface area (Å²) in [5.41, 5.74) is 0. The molecule has 0 saturated carbocycles. The Bertz CT molecular complexity index is 442. The summed E-state index contributed by atoms with van der Waals surface area (Å²) in [4.78, 5) is 0. The molecular formula is C16H21OP. The standard InChI is InChI=1S/C16H21OP/c1-5-9-13-15(11-7-3)18(17)16(12-8-4)14-10-6-2/h5-14,18H,1,3H2,2,4H3/b10-6-,12-8-,13-9-,15-11+,16-14+. The molecule has 0 aliphatic carbocycles. The van der Waals surface area contributed by atoms with Crippen LogP contribution in [0.1, 0.15) is 13.8 Å². The second kappa shape index (κ2) is 10.6. The summed E-state index contributed by atoms with van der Waals surface area (Å²) in [7, 11) is -2.01. The van der Waals surface area contributed by atoms with Crippen LogP contribution in [0.5, 0.6) is 0 Å². The summed E-state index contributed by atoms with van der Waals surface area (Å²) in [5, 5.41) is 1.59. The zero-order valence-corrected chi connectivity index (χ0v) is 12.1. The highest BCUT2D eigenvalue weighted by Crippen LogP contribution is 2.42. The Morgan fingerprint density at radius 2 is 1.56 bits per heavy atom. The third-order valence-corrected chi connectivity index (χ3v) is 3.76. The first-order valence-corrected chi connectivity index (χ1v) is 7.24. The average molecular weight is 260 g/mol. The van der Waals surface area contributed by atoms with Crippen LogP contribution in [-0.2, 0) is 4.57 Å². The van der Waals surface area contributed by atoms with Crippen LogP contribution in [0.4, 0.5) is 0 Å². The lowest BCUT2D eigenvalue weighted by molar-refractivity contribution is 0.595. The van der Waals surface area contributed by atoms with Crippen molar-refractivity contribution in [3.63, 3.8) is 0 Å². The molecule has 0 radical (unpaired) electrons. The Kier molecular flexibility index (Phi) is 9.62. The quantitative estimate of drug-likeness (QED) is 0.443. The van der Waals surface area contributed by atoms with Crippen molar-refractivity contribution < 1.29 is 4.57 Å². The lowest BCUT2D eigenvalue weighted by atomic mass is 10.4. The Morgan fingerprint density at radius 1 is 0.889 bits per heavy atom. The van der Waals surface area contributed by atoms with Crippen LogP contribution >= 0.6 is 7.80 Å². The molecule has 0 bridgehead atoms. The van der Waals surface area contributed by atoms with Gasteiger partial charge in [0, 0.05) is 10.6 Å². The molecule has 0 spiro atoms. The van der Waals surface area contributed by atoms with Crippen molar-refractivity contribution in [3.8, 4) is 0 Å². The van der Waals surface area contributed by atoms with Crippen molar-refractivity contribution in [2.75, 3.05) is 0 Å². The molecule has 96 valence electrons. The molecule has 0 rings (SSSR count). The molecule has 0 aliphatic heterocycles. The van der Waals surface area contributed by atoms with Gasteiger partial charge in [0.05, 0.1) is 0 Å². The summed E-state index contributed by atoms with van der Waals surface area (Å²) < 4.78 is 12.5. The van der Waals surface area contributed by atoms with E-state index in [2.05, 4.69) is 13.2 Å².